The van der Waals surface area contributed by atoms with Crippen molar-refractivity contribution < 1.29 is 19.1 Å². The first-order valence-corrected chi connectivity index (χ1v) is 6.37. The molecule has 1 aromatic carbocycles. The number of rotatable bonds is 2. The van der Waals surface area contributed by atoms with E-state index >= 15 is 0 Å². The van der Waals surface area contributed by atoms with Crippen LogP contribution in [0.1, 0.15) is 30.6 Å². The van der Waals surface area contributed by atoms with Crippen molar-refractivity contribution in [3.8, 4) is 0 Å². The summed E-state index contributed by atoms with van der Waals surface area (Å²) in [5.41, 5.74) is -0.0825. The third-order valence-corrected chi connectivity index (χ3v) is 3.42. The summed E-state index contributed by atoms with van der Waals surface area (Å²) < 4.78 is 13.1. The van der Waals surface area contributed by atoms with Gasteiger partial charge in [-0.15, -0.1) is 0 Å². The molecular weight excluding hydrogens is 263 g/mol. The lowest BCUT2D eigenvalue weighted by molar-refractivity contribution is 0.0697. The third-order valence-electron chi connectivity index (χ3n) is 3.42. The Morgan fingerprint density at radius 2 is 2.10 bits per heavy atom. The Kier molecular flexibility index (Phi) is 3.65. The largest absolute Gasteiger partial charge is 0.478 e. The smallest absolute Gasteiger partial charge is 0.337 e. The molecule has 108 valence electrons. The maximum absolute atomic E-state index is 13.1. The van der Waals surface area contributed by atoms with Crippen molar-refractivity contribution in [1.82, 2.24) is 4.90 Å². The highest BCUT2D eigenvalue weighted by molar-refractivity contribution is 6.00. The van der Waals surface area contributed by atoms with Gasteiger partial charge in [-0.2, -0.15) is 0 Å². The van der Waals surface area contributed by atoms with Crippen LogP contribution < -0.4 is 5.32 Å². The summed E-state index contributed by atoms with van der Waals surface area (Å²) in [7, 11) is 0. The number of carbonyl (C=O) groups excluding carboxylic acids is 1. The van der Waals surface area contributed by atoms with Crippen molar-refractivity contribution in [3.05, 3.63) is 29.6 Å². The molecule has 2 amide bonds. The number of carboxylic acid groups (broad SMARTS) is 1. The highest BCUT2D eigenvalue weighted by atomic mass is 19.1. The zero-order valence-corrected chi connectivity index (χ0v) is 11.4. The Hall–Kier alpha value is -2.11. The Morgan fingerprint density at radius 3 is 2.65 bits per heavy atom. The summed E-state index contributed by atoms with van der Waals surface area (Å²) in [5, 5.41) is 11.6. The van der Waals surface area contributed by atoms with Gasteiger partial charge in [-0.3, -0.25) is 0 Å². The van der Waals surface area contributed by atoms with Crippen molar-refractivity contribution in [2.45, 2.75) is 20.3 Å². The number of hydrogen-bond donors (Lipinski definition) is 2. The molecule has 2 N–H and O–H groups in total. The molecule has 1 heterocycles. The van der Waals surface area contributed by atoms with Crippen molar-refractivity contribution >= 4 is 17.7 Å². The number of urea groups is 1. The predicted molar refractivity (Wildman–Crippen MR) is 72.3 cm³/mol. The molecule has 0 aliphatic carbocycles. The number of halogens is 1. The van der Waals surface area contributed by atoms with Gasteiger partial charge < -0.3 is 15.3 Å². The number of nitrogens with zero attached hydrogens (tertiary/aromatic N) is 1. The summed E-state index contributed by atoms with van der Waals surface area (Å²) in [5.74, 6) is -1.93. The van der Waals surface area contributed by atoms with Crippen LogP contribution in [0.3, 0.4) is 0 Å². The first-order chi connectivity index (χ1) is 9.28. The van der Waals surface area contributed by atoms with E-state index in [2.05, 4.69) is 19.2 Å². The van der Waals surface area contributed by atoms with E-state index in [0.717, 1.165) is 18.6 Å². The Morgan fingerprint density at radius 1 is 1.40 bits per heavy atom. The van der Waals surface area contributed by atoms with Gasteiger partial charge in [0.2, 0.25) is 0 Å². The molecule has 20 heavy (non-hydrogen) atoms. The fraction of sp³-hybridized carbons (Fsp3) is 0.429. The van der Waals surface area contributed by atoms with Crippen LogP contribution in [0.2, 0.25) is 0 Å². The number of carboxylic acids is 1. The minimum absolute atomic E-state index is 0.0652. The topological polar surface area (TPSA) is 69.6 Å². The number of carbonyl (C=O) groups is 2. The molecule has 1 aliphatic rings. The van der Waals surface area contributed by atoms with Crippen molar-refractivity contribution in [1.29, 1.82) is 0 Å². The molecule has 0 aromatic heterocycles. The van der Waals surface area contributed by atoms with Crippen LogP contribution in [0.5, 0.6) is 0 Å². The predicted octanol–water partition coefficient (Wildman–Crippen LogP) is 2.79. The maximum atomic E-state index is 13.1. The van der Waals surface area contributed by atoms with Gasteiger partial charge in [0.25, 0.3) is 0 Å². The van der Waals surface area contributed by atoms with Crippen LogP contribution in [-0.4, -0.2) is 35.1 Å². The summed E-state index contributed by atoms with van der Waals surface area (Å²) in [4.78, 5) is 24.8. The van der Waals surface area contributed by atoms with Crippen LogP contribution in [0.15, 0.2) is 18.2 Å². The standard InChI is InChI=1S/C14H17FN2O3/c1-14(2)5-6-17(8-14)13(20)16-11-4-3-9(15)7-10(11)12(18)19/h3-4,7H,5-6,8H2,1-2H3,(H,16,20)(H,18,19). The van der Waals surface area contributed by atoms with Gasteiger partial charge in [-0.1, -0.05) is 13.8 Å². The van der Waals surface area contributed by atoms with Crippen LogP contribution in [0, 0.1) is 11.2 Å². The molecule has 0 atom stereocenters. The number of benzene rings is 1. The SMILES string of the molecule is CC1(C)CCN(C(=O)Nc2ccc(F)cc2C(=O)O)C1. The van der Waals surface area contributed by atoms with E-state index < -0.39 is 11.8 Å². The first-order valence-electron chi connectivity index (χ1n) is 6.37. The second-order valence-electron chi connectivity index (χ2n) is 5.76. The van der Waals surface area contributed by atoms with Crippen LogP contribution in [0.25, 0.3) is 0 Å². The number of aromatic carboxylic acids is 1. The maximum Gasteiger partial charge on any atom is 0.337 e. The van der Waals surface area contributed by atoms with E-state index in [1.807, 2.05) is 0 Å². The van der Waals surface area contributed by atoms with Gasteiger partial charge in [0.05, 0.1) is 11.3 Å². The molecule has 0 radical (unpaired) electrons. The van der Waals surface area contributed by atoms with E-state index in [-0.39, 0.29) is 22.7 Å². The van der Waals surface area contributed by atoms with E-state index in [1.54, 1.807) is 4.90 Å². The van der Waals surface area contributed by atoms with Gasteiger partial charge in [-0.05, 0) is 30.0 Å². The molecule has 1 aromatic rings. The average Bonchev–Trinajstić information content (AvgIpc) is 2.71. The van der Waals surface area contributed by atoms with Gasteiger partial charge in [-0.25, -0.2) is 14.0 Å². The second-order valence-corrected chi connectivity index (χ2v) is 5.76. The van der Waals surface area contributed by atoms with Crippen molar-refractivity contribution in [2.24, 2.45) is 5.41 Å². The summed E-state index contributed by atoms with van der Waals surface area (Å²) in [6.07, 6.45) is 0.898. The van der Waals surface area contributed by atoms with E-state index in [9.17, 15) is 14.0 Å². The number of likely N-dealkylation sites (tertiary alicyclic amines) is 1. The molecule has 1 saturated heterocycles. The van der Waals surface area contributed by atoms with Crippen LogP contribution >= 0.6 is 0 Å². The van der Waals surface area contributed by atoms with Gasteiger partial charge in [0.15, 0.2) is 0 Å². The van der Waals surface area contributed by atoms with E-state index in [0.29, 0.717) is 13.1 Å². The number of hydrogen-bond acceptors (Lipinski definition) is 2. The molecule has 1 aliphatic heterocycles. The molecule has 0 saturated carbocycles. The molecule has 2 rings (SSSR count). The molecule has 6 heteroatoms. The Bertz CT molecular complexity index is 557. The summed E-state index contributed by atoms with van der Waals surface area (Å²) in [6, 6.07) is 2.92. The fourth-order valence-electron chi connectivity index (χ4n) is 2.28. The zero-order chi connectivity index (χ0) is 14.9. The number of anilines is 1. The Balaban J connectivity index is 2.14. The number of nitrogens with one attached hydrogen (secondary N) is 1. The quantitative estimate of drug-likeness (QED) is 0.875. The van der Waals surface area contributed by atoms with E-state index in [1.165, 1.54) is 6.07 Å². The van der Waals surface area contributed by atoms with Crippen LogP contribution in [0.4, 0.5) is 14.9 Å². The molecule has 0 spiro atoms. The fourth-order valence-corrected chi connectivity index (χ4v) is 2.28. The van der Waals surface area contributed by atoms with Gasteiger partial charge >= 0.3 is 12.0 Å². The Labute approximate surface area is 116 Å². The minimum Gasteiger partial charge on any atom is -0.478 e. The molecule has 0 unspecified atom stereocenters. The monoisotopic (exact) mass is 280 g/mol. The minimum atomic E-state index is -1.28. The molecule has 1 fully saturated rings. The molecular formula is C14H17FN2O3. The van der Waals surface area contributed by atoms with Gasteiger partial charge in [0.1, 0.15) is 5.82 Å². The van der Waals surface area contributed by atoms with E-state index in [4.69, 9.17) is 5.11 Å². The number of amides is 2. The molecule has 5 nitrogen and oxygen atoms in total. The third kappa shape index (κ3) is 3.07. The molecule has 0 bridgehead atoms. The lowest BCUT2D eigenvalue weighted by atomic mass is 9.93. The summed E-state index contributed by atoms with van der Waals surface area (Å²) >= 11 is 0. The normalized spacial score (nSPS) is 17.1. The van der Waals surface area contributed by atoms with Gasteiger partial charge in [0, 0.05) is 13.1 Å². The first kappa shape index (κ1) is 14.3. The average molecular weight is 280 g/mol. The van der Waals surface area contributed by atoms with Crippen molar-refractivity contribution in [3.63, 3.8) is 0 Å². The van der Waals surface area contributed by atoms with Crippen molar-refractivity contribution in [2.75, 3.05) is 18.4 Å². The summed E-state index contributed by atoms with van der Waals surface area (Å²) in [6.45, 7) is 5.38. The zero-order valence-electron chi connectivity index (χ0n) is 11.4. The van der Waals surface area contributed by atoms with Crippen LogP contribution in [-0.2, 0) is 0 Å². The second kappa shape index (κ2) is 5.11. The lowest BCUT2D eigenvalue weighted by Gasteiger charge is -2.20. The highest BCUT2D eigenvalue weighted by Gasteiger charge is 2.32. The highest BCUT2D eigenvalue weighted by Crippen LogP contribution is 2.29. The lowest BCUT2D eigenvalue weighted by Crippen LogP contribution is -2.34.